The van der Waals surface area contributed by atoms with Crippen molar-refractivity contribution in [1.82, 2.24) is 18.3 Å². The third kappa shape index (κ3) is 3.41. The van der Waals surface area contributed by atoms with Crippen LogP contribution in [0.15, 0.2) is 71.1 Å². The van der Waals surface area contributed by atoms with Crippen LogP contribution in [0.2, 0.25) is 0 Å². The SMILES string of the molecule is CC1=C(c2ccccc2)[Si](N(C)C)(N(C)C)C(C)=C(c2ccccc2)[Si]1(N(C)C)N(C)C. The number of hydrogen-bond acceptors (Lipinski definition) is 4. The molecule has 2 aromatic carbocycles. The third-order valence-electron chi connectivity index (χ3n) is 7.21. The van der Waals surface area contributed by atoms with Crippen LogP contribution in [0, 0.1) is 0 Å². The highest BCUT2D eigenvalue weighted by atomic mass is 28.4. The lowest BCUT2D eigenvalue weighted by atomic mass is 10.2. The van der Waals surface area contributed by atoms with E-state index in [9.17, 15) is 0 Å². The fraction of sp³-hybridized carbons (Fsp3) is 0.385. The molecular weight excluding hydrogens is 424 g/mol. The van der Waals surface area contributed by atoms with E-state index in [0.29, 0.717) is 0 Å². The van der Waals surface area contributed by atoms with Gasteiger partial charge in [0, 0.05) is 0 Å². The maximum Gasteiger partial charge on any atom is 0.267 e. The molecule has 32 heavy (non-hydrogen) atoms. The van der Waals surface area contributed by atoms with Crippen molar-refractivity contribution < 1.29 is 0 Å². The van der Waals surface area contributed by atoms with Gasteiger partial charge in [-0.05, 0) is 102 Å². The summed E-state index contributed by atoms with van der Waals surface area (Å²) in [5, 5.41) is 6.16. The van der Waals surface area contributed by atoms with Crippen molar-refractivity contribution in [2.24, 2.45) is 0 Å². The van der Waals surface area contributed by atoms with Gasteiger partial charge in [0.1, 0.15) is 0 Å². The third-order valence-corrected chi connectivity index (χ3v) is 18.2. The first-order valence-electron chi connectivity index (χ1n) is 11.3. The highest BCUT2D eigenvalue weighted by molar-refractivity contribution is 7.10. The fourth-order valence-electron chi connectivity index (χ4n) is 6.33. The summed E-state index contributed by atoms with van der Waals surface area (Å²) in [6.07, 6.45) is 0. The Morgan fingerprint density at radius 3 is 0.906 bits per heavy atom. The number of benzene rings is 2. The smallest absolute Gasteiger partial charge is 0.267 e. The highest BCUT2D eigenvalue weighted by Gasteiger charge is 2.59. The van der Waals surface area contributed by atoms with E-state index in [1.807, 2.05) is 0 Å². The first-order chi connectivity index (χ1) is 15.0. The van der Waals surface area contributed by atoms with Gasteiger partial charge in [0.05, 0.1) is 0 Å². The Hall–Kier alpha value is -1.81. The lowest BCUT2D eigenvalue weighted by Gasteiger charge is -2.56. The van der Waals surface area contributed by atoms with Crippen LogP contribution in [0.25, 0.3) is 10.4 Å². The van der Waals surface area contributed by atoms with Crippen molar-refractivity contribution >= 4 is 27.2 Å². The average molecular weight is 465 g/mol. The maximum atomic E-state index is 2.53. The van der Waals surface area contributed by atoms with Gasteiger partial charge in [-0.1, -0.05) is 60.7 Å². The Morgan fingerprint density at radius 1 is 0.438 bits per heavy atom. The van der Waals surface area contributed by atoms with Crippen molar-refractivity contribution in [3.05, 3.63) is 82.2 Å². The molecule has 3 rings (SSSR count). The molecule has 0 amide bonds. The fourth-order valence-corrected chi connectivity index (χ4v) is 18.4. The maximum absolute atomic E-state index is 2.53. The van der Waals surface area contributed by atoms with Gasteiger partial charge in [-0.3, -0.25) is 0 Å². The number of hydrogen-bond donors (Lipinski definition) is 0. The molecule has 0 N–H and O–H groups in total. The van der Waals surface area contributed by atoms with Crippen molar-refractivity contribution in [1.29, 1.82) is 0 Å². The first kappa shape index (κ1) is 24.8. The molecule has 0 bridgehead atoms. The van der Waals surface area contributed by atoms with Gasteiger partial charge < -0.3 is 18.3 Å². The van der Waals surface area contributed by atoms with Gasteiger partial charge in [-0.15, -0.1) is 0 Å². The Kier molecular flexibility index (Phi) is 7.15. The van der Waals surface area contributed by atoms with Crippen molar-refractivity contribution in [3.8, 4) is 0 Å². The standard InChI is InChI=1S/C26H40N4Si2/c1-21-25(23-17-13-11-14-18-23)32(29(7)8,30(9)10)22(2)26(24-19-15-12-16-20-24)31(21,27(3)4)28(5)6/h11-20H,1-10H3. The van der Waals surface area contributed by atoms with E-state index in [1.54, 1.807) is 10.4 Å². The summed E-state index contributed by atoms with van der Waals surface area (Å²) in [6.45, 7) is 4.83. The second-order valence-corrected chi connectivity index (χ2v) is 18.4. The summed E-state index contributed by atoms with van der Waals surface area (Å²) >= 11 is 0. The summed E-state index contributed by atoms with van der Waals surface area (Å²) in [6, 6.07) is 22.2. The Morgan fingerprint density at radius 2 is 0.688 bits per heavy atom. The summed E-state index contributed by atoms with van der Waals surface area (Å²) < 4.78 is 10.1. The molecular formula is C26H40N4Si2. The zero-order valence-corrected chi connectivity index (χ0v) is 23.6. The van der Waals surface area contributed by atoms with E-state index in [4.69, 9.17) is 0 Å². The summed E-state index contributed by atoms with van der Waals surface area (Å²) in [5.41, 5.74) is 2.71. The normalized spacial score (nSPS) is 18.4. The van der Waals surface area contributed by atoms with E-state index in [-0.39, 0.29) is 0 Å². The van der Waals surface area contributed by atoms with Crippen LogP contribution in [0.4, 0.5) is 0 Å². The van der Waals surface area contributed by atoms with Gasteiger partial charge in [-0.2, -0.15) is 0 Å². The average Bonchev–Trinajstić information content (AvgIpc) is 2.74. The van der Waals surface area contributed by atoms with Crippen molar-refractivity contribution in [3.63, 3.8) is 0 Å². The van der Waals surface area contributed by atoms with Gasteiger partial charge >= 0.3 is 0 Å². The zero-order chi connectivity index (χ0) is 23.8. The van der Waals surface area contributed by atoms with E-state index < -0.39 is 16.8 Å². The van der Waals surface area contributed by atoms with E-state index in [2.05, 4.69) is 149 Å². The van der Waals surface area contributed by atoms with Gasteiger partial charge in [0.25, 0.3) is 16.8 Å². The molecule has 6 heteroatoms. The molecule has 2 aromatic rings. The van der Waals surface area contributed by atoms with Gasteiger partial charge in [0.15, 0.2) is 0 Å². The predicted octanol–water partition coefficient (Wildman–Crippen LogP) is 4.24. The summed E-state index contributed by atoms with van der Waals surface area (Å²) in [5.74, 6) is 0. The van der Waals surface area contributed by atoms with Crippen LogP contribution in [-0.2, 0) is 0 Å². The van der Waals surface area contributed by atoms with Crippen LogP contribution >= 0.6 is 0 Å². The molecule has 0 atom stereocenters. The first-order valence-corrected chi connectivity index (χ1v) is 15.1. The molecule has 0 saturated carbocycles. The molecule has 0 unspecified atom stereocenters. The molecule has 0 fully saturated rings. The minimum Gasteiger partial charge on any atom is -0.310 e. The molecule has 0 saturated heterocycles. The lowest BCUT2D eigenvalue weighted by Crippen LogP contribution is -2.72. The minimum atomic E-state index is -2.39. The van der Waals surface area contributed by atoms with Gasteiger partial charge in [0.2, 0.25) is 0 Å². The van der Waals surface area contributed by atoms with Crippen molar-refractivity contribution in [2.45, 2.75) is 13.8 Å². The lowest BCUT2D eigenvalue weighted by molar-refractivity contribution is 0.495. The Bertz CT molecular complexity index is 909. The van der Waals surface area contributed by atoms with Crippen LogP contribution in [0.3, 0.4) is 0 Å². The number of allylic oxidation sites excluding steroid dienone is 2. The number of nitrogens with zero attached hydrogens (tertiary/aromatic N) is 4. The molecule has 1 aliphatic heterocycles. The monoisotopic (exact) mass is 464 g/mol. The second-order valence-electron chi connectivity index (χ2n) is 9.65. The molecule has 0 aliphatic carbocycles. The number of rotatable bonds is 6. The predicted molar refractivity (Wildman–Crippen MR) is 144 cm³/mol. The van der Waals surface area contributed by atoms with Gasteiger partial charge in [-0.25, -0.2) is 0 Å². The Balaban J connectivity index is 2.61. The molecule has 0 radical (unpaired) electrons. The van der Waals surface area contributed by atoms with Crippen LogP contribution < -0.4 is 0 Å². The van der Waals surface area contributed by atoms with Crippen LogP contribution in [0.5, 0.6) is 0 Å². The quantitative estimate of drug-likeness (QED) is 0.593. The molecule has 1 heterocycles. The highest BCUT2D eigenvalue weighted by Crippen LogP contribution is 2.51. The van der Waals surface area contributed by atoms with E-state index >= 15 is 0 Å². The van der Waals surface area contributed by atoms with Crippen molar-refractivity contribution in [2.75, 3.05) is 56.4 Å². The van der Waals surface area contributed by atoms with E-state index in [0.717, 1.165) is 0 Å². The molecule has 1 aliphatic rings. The molecule has 4 nitrogen and oxygen atoms in total. The largest absolute Gasteiger partial charge is 0.310 e. The molecule has 0 aromatic heterocycles. The topological polar surface area (TPSA) is 13.0 Å². The second kappa shape index (κ2) is 9.21. The molecule has 172 valence electrons. The summed E-state index contributed by atoms with van der Waals surface area (Å²) in [7, 11) is 13.4. The Labute approximate surface area is 197 Å². The van der Waals surface area contributed by atoms with Crippen LogP contribution in [0.1, 0.15) is 25.0 Å². The molecule has 0 spiro atoms. The minimum absolute atomic E-state index is 1.35. The zero-order valence-electron chi connectivity index (χ0n) is 21.6. The summed E-state index contributed by atoms with van der Waals surface area (Å²) in [4.78, 5) is 0. The van der Waals surface area contributed by atoms with Crippen LogP contribution in [-0.4, -0.2) is 91.4 Å². The van der Waals surface area contributed by atoms with E-state index in [1.165, 1.54) is 21.5 Å².